The van der Waals surface area contributed by atoms with Crippen molar-refractivity contribution in [3.05, 3.63) is 11.5 Å². The fourth-order valence-electron chi connectivity index (χ4n) is 2.08. The van der Waals surface area contributed by atoms with Crippen molar-refractivity contribution in [3.63, 3.8) is 0 Å². The summed E-state index contributed by atoms with van der Waals surface area (Å²) in [6.07, 6.45) is 4.41. The van der Waals surface area contributed by atoms with Gasteiger partial charge in [-0.15, -0.1) is 0 Å². The standard InChI is InChI=1S/C10H16ClN3O3S/c1-14-7-12-9(8(14)11)18(16,17)13-6-10(15)4-2-3-5-10/h7,13,15H,2-6H2,1H3. The van der Waals surface area contributed by atoms with Gasteiger partial charge < -0.3 is 9.67 Å². The number of aromatic nitrogens is 2. The summed E-state index contributed by atoms with van der Waals surface area (Å²) in [6, 6.07) is 0. The number of imidazole rings is 1. The van der Waals surface area contributed by atoms with Crippen molar-refractivity contribution >= 4 is 21.6 Å². The minimum atomic E-state index is -3.77. The van der Waals surface area contributed by atoms with Gasteiger partial charge in [-0.1, -0.05) is 24.4 Å². The fourth-order valence-corrected chi connectivity index (χ4v) is 3.63. The van der Waals surface area contributed by atoms with Crippen LogP contribution in [0.25, 0.3) is 0 Å². The van der Waals surface area contributed by atoms with Crippen LogP contribution in [0, 0.1) is 0 Å². The lowest BCUT2D eigenvalue weighted by atomic mass is 10.0. The number of nitrogens with zero attached hydrogens (tertiary/aromatic N) is 2. The van der Waals surface area contributed by atoms with Gasteiger partial charge in [0.05, 0.1) is 11.9 Å². The van der Waals surface area contributed by atoms with Crippen molar-refractivity contribution in [2.24, 2.45) is 7.05 Å². The lowest BCUT2D eigenvalue weighted by Gasteiger charge is -2.21. The normalized spacial score (nSPS) is 19.3. The molecule has 0 amide bonds. The molecule has 0 unspecified atom stereocenters. The van der Waals surface area contributed by atoms with Crippen LogP contribution < -0.4 is 4.72 Å². The number of aryl methyl sites for hydroxylation is 1. The van der Waals surface area contributed by atoms with Crippen molar-refractivity contribution in [3.8, 4) is 0 Å². The summed E-state index contributed by atoms with van der Waals surface area (Å²) in [6.45, 7) is 0.00222. The molecule has 18 heavy (non-hydrogen) atoms. The van der Waals surface area contributed by atoms with E-state index in [1.165, 1.54) is 10.9 Å². The van der Waals surface area contributed by atoms with Gasteiger partial charge in [0.2, 0.25) is 5.03 Å². The van der Waals surface area contributed by atoms with E-state index in [0.717, 1.165) is 12.8 Å². The summed E-state index contributed by atoms with van der Waals surface area (Å²) < 4.78 is 27.8. The maximum absolute atomic E-state index is 12.0. The zero-order valence-corrected chi connectivity index (χ0v) is 11.6. The molecule has 102 valence electrons. The Hall–Kier alpha value is -0.630. The molecule has 0 radical (unpaired) electrons. The first-order chi connectivity index (χ1) is 8.34. The number of hydrogen-bond donors (Lipinski definition) is 2. The highest BCUT2D eigenvalue weighted by atomic mass is 35.5. The summed E-state index contributed by atoms with van der Waals surface area (Å²) in [4.78, 5) is 3.75. The third-order valence-corrected chi connectivity index (χ3v) is 5.10. The van der Waals surface area contributed by atoms with Crippen LogP contribution in [-0.2, 0) is 17.1 Å². The number of aliphatic hydroxyl groups is 1. The lowest BCUT2D eigenvalue weighted by molar-refractivity contribution is 0.0531. The molecule has 8 heteroatoms. The van der Waals surface area contributed by atoms with Gasteiger partial charge in [0, 0.05) is 13.6 Å². The molecular weight excluding hydrogens is 278 g/mol. The molecule has 1 aromatic heterocycles. The quantitative estimate of drug-likeness (QED) is 0.854. The van der Waals surface area contributed by atoms with Crippen LogP contribution in [0.5, 0.6) is 0 Å². The van der Waals surface area contributed by atoms with Crippen molar-refractivity contribution < 1.29 is 13.5 Å². The SMILES string of the molecule is Cn1cnc(S(=O)(=O)NCC2(O)CCCC2)c1Cl. The van der Waals surface area contributed by atoms with Crippen LogP contribution in [0.2, 0.25) is 5.15 Å². The van der Waals surface area contributed by atoms with Gasteiger partial charge in [0.25, 0.3) is 10.0 Å². The maximum atomic E-state index is 12.0. The van der Waals surface area contributed by atoms with Gasteiger partial charge in [-0.05, 0) is 12.8 Å². The molecule has 0 aliphatic heterocycles. The molecule has 1 saturated carbocycles. The molecule has 1 fully saturated rings. The third-order valence-electron chi connectivity index (χ3n) is 3.21. The highest BCUT2D eigenvalue weighted by Gasteiger charge is 2.33. The molecular formula is C10H16ClN3O3S. The van der Waals surface area contributed by atoms with Crippen LogP contribution in [0.3, 0.4) is 0 Å². The second-order valence-electron chi connectivity index (χ2n) is 4.71. The van der Waals surface area contributed by atoms with Gasteiger partial charge >= 0.3 is 0 Å². The van der Waals surface area contributed by atoms with Crippen LogP contribution in [-0.4, -0.2) is 35.2 Å². The molecule has 1 aliphatic carbocycles. The molecule has 2 N–H and O–H groups in total. The van der Waals surface area contributed by atoms with E-state index < -0.39 is 15.6 Å². The average Bonchev–Trinajstić information content (AvgIpc) is 2.86. The van der Waals surface area contributed by atoms with E-state index in [4.69, 9.17) is 11.6 Å². The van der Waals surface area contributed by atoms with E-state index in [-0.39, 0.29) is 16.7 Å². The second-order valence-corrected chi connectivity index (χ2v) is 6.75. The zero-order valence-electron chi connectivity index (χ0n) is 10.1. The minimum Gasteiger partial charge on any atom is -0.389 e. The summed E-state index contributed by atoms with van der Waals surface area (Å²) in [5.41, 5.74) is -0.936. The highest BCUT2D eigenvalue weighted by Crippen LogP contribution is 2.29. The van der Waals surface area contributed by atoms with Gasteiger partial charge in [-0.3, -0.25) is 0 Å². The van der Waals surface area contributed by atoms with Gasteiger partial charge in [-0.25, -0.2) is 18.1 Å². The first kappa shape index (κ1) is 13.8. The Morgan fingerprint density at radius 2 is 2.17 bits per heavy atom. The number of nitrogens with one attached hydrogen (secondary N) is 1. The first-order valence-electron chi connectivity index (χ1n) is 5.73. The topological polar surface area (TPSA) is 84.2 Å². The third kappa shape index (κ3) is 2.69. The van der Waals surface area contributed by atoms with E-state index in [1.54, 1.807) is 7.05 Å². The Bertz CT molecular complexity index is 535. The van der Waals surface area contributed by atoms with E-state index in [1.807, 2.05) is 0 Å². The molecule has 0 spiro atoms. The highest BCUT2D eigenvalue weighted by molar-refractivity contribution is 7.89. The fraction of sp³-hybridized carbons (Fsp3) is 0.700. The van der Waals surface area contributed by atoms with Gasteiger partial charge in [-0.2, -0.15) is 0 Å². The maximum Gasteiger partial charge on any atom is 0.261 e. The predicted octanol–water partition coefficient (Wildman–Crippen LogP) is 0.657. The van der Waals surface area contributed by atoms with Crippen molar-refractivity contribution in [1.29, 1.82) is 0 Å². The summed E-state index contributed by atoms with van der Waals surface area (Å²) in [5, 5.41) is 9.95. The van der Waals surface area contributed by atoms with Gasteiger partial charge in [0.15, 0.2) is 0 Å². The Balaban J connectivity index is 2.10. The summed E-state index contributed by atoms with van der Waals surface area (Å²) in [7, 11) is -2.16. The Morgan fingerprint density at radius 3 is 2.67 bits per heavy atom. The van der Waals surface area contributed by atoms with E-state index >= 15 is 0 Å². The number of rotatable bonds is 4. The summed E-state index contributed by atoms with van der Waals surface area (Å²) >= 11 is 5.84. The molecule has 0 bridgehead atoms. The zero-order chi connectivity index (χ0) is 13.4. The number of hydrogen-bond acceptors (Lipinski definition) is 4. The predicted molar refractivity (Wildman–Crippen MR) is 66.8 cm³/mol. The minimum absolute atomic E-state index is 0.00222. The van der Waals surface area contributed by atoms with Crippen molar-refractivity contribution in [2.75, 3.05) is 6.54 Å². The molecule has 0 atom stereocenters. The van der Waals surface area contributed by atoms with Crippen molar-refractivity contribution in [2.45, 2.75) is 36.3 Å². The number of sulfonamides is 1. The van der Waals surface area contributed by atoms with Crippen LogP contribution in [0.15, 0.2) is 11.4 Å². The largest absolute Gasteiger partial charge is 0.389 e. The van der Waals surface area contributed by atoms with Crippen LogP contribution in [0.1, 0.15) is 25.7 Å². The monoisotopic (exact) mass is 293 g/mol. The lowest BCUT2D eigenvalue weighted by Crippen LogP contribution is -2.40. The Morgan fingerprint density at radius 1 is 1.56 bits per heavy atom. The molecule has 0 saturated heterocycles. The Kier molecular flexibility index (Phi) is 3.68. The molecule has 6 nitrogen and oxygen atoms in total. The molecule has 0 aromatic carbocycles. The molecule has 1 aromatic rings. The Labute approximate surface area is 111 Å². The van der Waals surface area contributed by atoms with E-state index in [9.17, 15) is 13.5 Å². The average molecular weight is 294 g/mol. The summed E-state index contributed by atoms with van der Waals surface area (Å²) in [5.74, 6) is 0. The van der Waals surface area contributed by atoms with Crippen LogP contribution in [0.4, 0.5) is 0 Å². The van der Waals surface area contributed by atoms with E-state index in [0.29, 0.717) is 12.8 Å². The smallest absolute Gasteiger partial charge is 0.261 e. The van der Waals surface area contributed by atoms with Gasteiger partial charge in [0.1, 0.15) is 5.15 Å². The molecule has 1 heterocycles. The molecule has 2 rings (SSSR count). The first-order valence-corrected chi connectivity index (χ1v) is 7.59. The van der Waals surface area contributed by atoms with Crippen LogP contribution >= 0.6 is 11.6 Å². The molecule has 1 aliphatic rings. The number of halogens is 1. The second kappa shape index (κ2) is 4.80. The van der Waals surface area contributed by atoms with Crippen molar-refractivity contribution in [1.82, 2.24) is 14.3 Å². The van der Waals surface area contributed by atoms with E-state index in [2.05, 4.69) is 9.71 Å².